The van der Waals surface area contributed by atoms with Crippen LogP contribution in [0, 0.1) is 0 Å². The molecule has 0 radical (unpaired) electrons. The molecular weight excluding hydrogens is 188 g/mol. The maximum atomic E-state index is 6.01. The Kier molecular flexibility index (Phi) is 2.78. The molecule has 1 aliphatic rings. The fourth-order valence-electron chi connectivity index (χ4n) is 1.25. The average molecular weight is 201 g/mol. The third kappa shape index (κ3) is 1.92. The summed E-state index contributed by atoms with van der Waals surface area (Å²) in [4.78, 5) is 4.02. The number of methoxy groups -OCH3 is 1. The maximum absolute atomic E-state index is 6.01. The van der Waals surface area contributed by atoms with Gasteiger partial charge in [0.25, 0.3) is 0 Å². The molecular formula is C9H13ClN2O. The summed E-state index contributed by atoms with van der Waals surface area (Å²) < 4.78 is 5.01. The first-order chi connectivity index (χ1) is 5.74. The van der Waals surface area contributed by atoms with Gasteiger partial charge in [0.1, 0.15) is 0 Å². The molecule has 0 aliphatic heterocycles. The van der Waals surface area contributed by atoms with Crippen molar-refractivity contribution >= 4 is 12.4 Å². The molecule has 0 amide bonds. The summed E-state index contributed by atoms with van der Waals surface area (Å²) in [7, 11) is 1.61. The Balaban J connectivity index is 0.000000845. The zero-order valence-corrected chi connectivity index (χ0v) is 8.30. The fraction of sp³-hybridized carbons (Fsp3) is 0.444. The van der Waals surface area contributed by atoms with Gasteiger partial charge in [0, 0.05) is 17.8 Å². The molecule has 4 heteroatoms. The average Bonchev–Trinajstić information content (AvgIpc) is 2.85. The number of halogens is 1. The summed E-state index contributed by atoms with van der Waals surface area (Å²) in [6.07, 6.45) is 3.88. The van der Waals surface area contributed by atoms with Crippen molar-refractivity contribution in [2.45, 2.75) is 18.4 Å². The van der Waals surface area contributed by atoms with E-state index in [4.69, 9.17) is 10.5 Å². The van der Waals surface area contributed by atoms with Gasteiger partial charge in [0.05, 0.1) is 7.11 Å². The van der Waals surface area contributed by atoms with Gasteiger partial charge in [-0.15, -0.1) is 12.4 Å². The first kappa shape index (κ1) is 10.3. The molecule has 0 unspecified atom stereocenters. The number of nitrogens with zero attached hydrogens (tertiary/aromatic N) is 1. The molecule has 1 fully saturated rings. The third-order valence-electron chi connectivity index (χ3n) is 2.31. The second-order valence-electron chi connectivity index (χ2n) is 3.24. The number of ether oxygens (including phenoxy) is 1. The van der Waals surface area contributed by atoms with Crippen LogP contribution < -0.4 is 10.5 Å². The SMILES string of the molecule is COc1cc(C2(N)CC2)ccn1.Cl. The van der Waals surface area contributed by atoms with Gasteiger partial charge in [-0.1, -0.05) is 0 Å². The third-order valence-corrected chi connectivity index (χ3v) is 2.31. The van der Waals surface area contributed by atoms with E-state index in [1.165, 1.54) is 0 Å². The van der Waals surface area contributed by atoms with Crippen molar-refractivity contribution < 1.29 is 4.74 Å². The summed E-state index contributed by atoms with van der Waals surface area (Å²) in [6, 6.07) is 3.86. The monoisotopic (exact) mass is 200 g/mol. The van der Waals surface area contributed by atoms with Crippen LogP contribution in [0.15, 0.2) is 18.3 Å². The number of pyridine rings is 1. The van der Waals surface area contributed by atoms with Crippen molar-refractivity contribution in [1.29, 1.82) is 0 Å². The van der Waals surface area contributed by atoms with Crippen molar-refractivity contribution in [3.63, 3.8) is 0 Å². The molecule has 13 heavy (non-hydrogen) atoms. The minimum absolute atomic E-state index is 0. The largest absolute Gasteiger partial charge is 0.481 e. The second kappa shape index (κ2) is 3.52. The quantitative estimate of drug-likeness (QED) is 0.787. The number of hydrogen-bond donors (Lipinski definition) is 1. The Morgan fingerprint density at radius 1 is 1.54 bits per heavy atom. The van der Waals surface area contributed by atoms with Crippen molar-refractivity contribution in [3.05, 3.63) is 23.9 Å². The van der Waals surface area contributed by atoms with Crippen LogP contribution in [-0.4, -0.2) is 12.1 Å². The van der Waals surface area contributed by atoms with E-state index >= 15 is 0 Å². The summed E-state index contributed by atoms with van der Waals surface area (Å²) in [5.74, 6) is 0.643. The Labute approximate surface area is 83.7 Å². The molecule has 2 rings (SSSR count). The highest BCUT2D eigenvalue weighted by Gasteiger charge is 2.40. The van der Waals surface area contributed by atoms with Crippen LogP contribution in [0.2, 0.25) is 0 Å². The van der Waals surface area contributed by atoms with Crippen LogP contribution in [0.1, 0.15) is 18.4 Å². The molecule has 0 saturated heterocycles. The first-order valence-electron chi connectivity index (χ1n) is 4.04. The molecule has 1 aliphatic carbocycles. The molecule has 1 aromatic heterocycles. The minimum atomic E-state index is -0.0871. The van der Waals surface area contributed by atoms with E-state index in [1.807, 2.05) is 12.1 Å². The molecule has 72 valence electrons. The predicted octanol–water partition coefficient (Wildman–Crippen LogP) is 1.46. The predicted molar refractivity (Wildman–Crippen MR) is 53.1 cm³/mol. The van der Waals surface area contributed by atoms with Crippen LogP contribution >= 0.6 is 12.4 Å². The van der Waals surface area contributed by atoms with Gasteiger partial charge in [-0.3, -0.25) is 0 Å². The van der Waals surface area contributed by atoms with Crippen LogP contribution in [0.25, 0.3) is 0 Å². The molecule has 1 saturated carbocycles. The van der Waals surface area contributed by atoms with E-state index in [2.05, 4.69) is 4.98 Å². The number of nitrogens with two attached hydrogens (primary N) is 1. The van der Waals surface area contributed by atoms with E-state index in [0.29, 0.717) is 5.88 Å². The Morgan fingerprint density at radius 3 is 2.77 bits per heavy atom. The van der Waals surface area contributed by atoms with Gasteiger partial charge >= 0.3 is 0 Å². The zero-order valence-electron chi connectivity index (χ0n) is 7.49. The Morgan fingerprint density at radius 2 is 2.23 bits per heavy atom. The highest BCUT2D eigenvalue weighted by molar-refractivity contribution is 5.85. The molecule has 0 atom stereocenters. The van der Waals surface area contributed by atoms with Crippen LogP contribution in [0.5, 0.6) is 5.88 Å². The van der Waals surface area contributed by atoms with Crippen molar-refractivity contribution in [2.75, 3.05) is 7.11 Å². The van der Waals surface area contributed by atoms with E-state index in [-0.39, 0.29) is 17.9 Å². The van der Waals surface area contributed by atoms with E-state index < -0.39 is 0 Å². The van der Waals surface area contributed by atoms with Gasteiger partial charge in [-0.2, -0.15) is 0 Å². The van der Waals surface area contributed by atoms with Crippen molar-refractivity contribution in [3.8, 4) is 5.88 Å². The number of rotatable bonds is 2. The molecule has 3 nitrogen and oxygen atoms in total. The van der Waals surface area contributed by atoms with Crippen LogP contribution in [0.4, 0.5) is 0 Å². The van der Waals surface area contributed by atoms with Crippen LogP contribution in [-0.2, 0) is 5.54 Å². The summed E-state index contributed by atoms with van der Waals surface area (Å²) >= 11 is 0. The van der Waals surface area contributed by atoms with Crippen molar-refractivity contribution in [1.82, 2.24) is 4.98 Å². The lowest BCUT2D eigenvalue weighted by molar-refractivity contribution is 0.396. The Bertz CT molecular complexity index is 299. The molecule has 0 spiro atoms. The van der Waals surface area contributed by atoms with E-state index in [9.17, 15) is 0 Å². The lowest BCUT2D eigenvalue weighted by atomic mass is 10.1. The normalized spacial score (nSPS) is 17.4. The van der Waals surface area contributed by atoms with Crippen molar-refractivity contribution in [2.24, 2.45) is 5.73 Å². The number of hydrogen-bond acceptors (Lipinski definition) is 3. The van der Waals surface area contributed by atoms with Gasteiger partial charge in [0.15, 0.2) is 0 Å². The lowest BCUT2D eigenvalue weighted by Crippen LogP contribution is -2.18. The van der Waals surface area contributed by atoms with Crippen LogP contribution in [0.3, 0.4) is 0 Å². The molecule has 1 heterocycles. The molecule has 0 bridgehead atoms. The summed E-state index contributed by atoms with van der Waals surface area (Å²) in [5, 5.41) is 0. The van der Waals surface area contributed by atoms with Gasteiger partial charge in [-0.05, 0) is 24.5 Å². The molecule has 0 aromatic carbocycles. The summed E-state index contributed by atoms with van der Waals surface area (Å²) in [6.45, 7) is 0. The van der Waals surface area contributed by atoms with Gasteiger partial charge in [-0.25, -0.2) is 4.98 Å². The first-order valence-corrected chi connectivity index (χ1v) is 4.04. The van der Waals surface area contributed by atoms with E-state index in [1.54, 1.807) is 13.3 Å². The highest BCUT2D eigenvalue weighted by atomic mass is 35.5. The number of aromatic nitrogens is 1. The summed E-state index contributed by atoms with van der Waals surface area (Å²) in [5.41, 5.74) is 7.05. The van der Waals surface area contributed by atoms with E-state index in [0.717, 1.165) is 18.4 Å². The molecule has 2 N–H and O–H groups in total. The second-order valence-corrected chi connectivity index (χ2v) is 3.24. The smallest absolute Gasteiger partial charge is 0.213 e. The zero-order chi connectivity index (χ0) is 8.60. The minimum Gasteiger partial charge on any atom is -0.481 e. The Hall–Kier alpha value is -0.800. The molecule has 1 aromatic rings. The van der Waals surface area contributed by atoms with Gasteiger partial charge < -0.3 is 10.5 Å². The standard InChI is InChI=1S/C9H12N2O.ClH/c1-12-8-6-7(2-5-11-8)9(10)3-4-9;/h2,5-6H,3-4,10H2,1H3;1H. The van der Waals surface area contributed by atoms with Gasteiger partial charge in [0.2, 0.25) is 5.88 Å². The lowest BCUT2D eigenvalue weighted by Gasteiger charge is -2.08. The fourth-order valence-corrected chi connectivity index (χ4v) is 1.25. The highest BCUT2D eigenvalue weighted by Crippen LogP contribution is 2.42. The topological polar surface area (TPSA) is 48.1 Å². The maximum Gasteiger partial charge on any atom is 0.213 e.